The van der Waals surface area contributed by atoms with Crippen molar-refractivity contribution in [2.75, 3.05) is 5.32 Å². The van der Waals surface area contributed by atoms with Gasteiger partial charge in [0.2, 0.25) is 0 Å². The van der Waals surface area contributed by atoms with Gasteiger partial charge in [0.1, 0.15) is 23.1 Å². The summed E-state index contributed by atoms with van der Waals surface area (Å²) in [4.78, 5) is 21.8. The molecule has 0 radical (unpaired) electrons. The second kappa shape index (κ2) is 8.62. The van der Waals surface area contributed by atoms with Gasteiger partial charge in [-0.3, -0.25) is 9.13 Å². The van der Waals surface area contributed by atoms with Crippen molar-refractivity contribution in [2.45, 2.75) is 65.1 Å². The van der Waals surface area contributed by atoms with Gasteiger partial charge < -0.3 is 10.4 Å². The van der Waals surface area contributed by atoms with E-state index in [1.165, 1.54) is 12.1 Å². The molecule has 0 aliphatic heterocycles. The first-order chi connectivity index (χ1) is 16.6. The van der Waals surface area contributed by atoms with Crippen LogP contribution in [0.1, 0.15) is 63.7 Å². The van der Waals surface area contributed by atoms with Crippen molar-refractivity contribution in [1.82, 2.24) is 19.1 Å². The molecule has 10 heteroatoms. The molecule has 0 amide bonds. The highest BCUT2D eigenvalue weighted by Crippen LogP contribution is 2.41. The van der Waals surface area contributed by atoms with E-state index in [4.69, 9.17) is 0 Å². The minimum Gasteiger partial charge on any atom is -0.384 e. The average Bonchev–Trinajstić information content (AvgIpc) is 3.01. The third kappa shape index (κ3) is 4.03. The molecule has 2 heterocycles. The van der Waals surface area contributed by atoms with E-state index in [0.29, 0.717) is 33.6 Å². The third-order valence-electron chi connectivity index (χ3n) is 6.49. The largest absolute Gasteiger partial charge is 0.384 e. The summed E-state index contributed by atoms with van der Waals surface area (Å²) in [5, 5.41) is 13.7. The molecule has 7 nitrogen and oxygen atoms in total. The van der Waals surface area contributed by atoms with Crippen molar-refractivity contribution < 1.29 is 18.3 Å². The SMILES string of the molecule is Cc1nc(NC(C)c2cccc(C(F)(F)C(C)(C)O)c2F)c2cc3c(cc2n1)n(C)c(=O)n3C(C)C. The first-order valence-corrected chi connectivity index (χ1v) is 11.7. The molecule has 0 fully saturated rings. The molecule has 2 N–H and O–H groups in total. The summed E-state index contributed by atoms with van der Waals surface area (Å²) in [6.07, 6.45) is 0. The lowest BCUT2D eigenvalue weighted by Gasteiger charge is -2.30. The molecule has 0 saturated heterocycles. The van der Waals surface area contributed by atoms with Gasteiger partial charge in [0, 0.05) is 24.0 Å². The second-order valence-corrected chi connectivity index (χ2v) is 9.99. The van der Waals surface area contributed by atoms with Crippen LogP contribution in [-0.4, -0.2) is 29.8 Å². The molecule has 1 atom stereocenters. The van der Waals surface area contributed by atoms with E-state index in [1.807, 2.05) is 19.9 Å². The van der Waals surface area contributed by atoms with Gasteiger partial charge in [-0.1, -0.05) is 12.1 Å². The van der Waals surface area contributed by atoms with Gasteiger partial charge >= 0.3 is 11.6 Å². The molecule has 4 aromatic rings. The van der Waals surface area contributed by atoms with E-state index < -0.39 is 28.9 Å². The number of imidazole rings is 1. The first kappa shape index (κ1) is 25.7. The number of fused-ring (bicyclic) bond motifs is 2. The van der Waals surface area contributed by atoms with Gasteiger partial charge in [-0.2, -0.15) is 8.78 Å². The number of nitrogens with zero attached hydrogens (tertiary/aromatic N) is 4. The minimum absolute atomic E-state index is 0.000665. The number of anilines is 1. The van der Waals surface area contributed by atoms with Crippen molar-refractivity contribution in [2.24, 2.45) is 7.05 Å². The van der Waals surface area contributed by atoms with E-state index in [9.17, 15) is 18.7 Å². The normalized spacial score (nSPS) is 13.7. The van der Waals surface area contributed by atoms with Crippen LogP contribution in [0.4, 0.5) is 19.0 Å². The quantitative estimate of drug-likeness (QED) is 0.372. The Morgan fingerprint density at radius 1 is 1.08 bits per heavy atom. The van der Waals surface area contributed by atoms with E-state index in [-0.39, 0.29) is 17.3 Å². The fraction of sp³-hybridized carbons (Fsp3) is 0.423. The molecule has 4 rings (SSSR count). The fourth-order valence-electron chi connectivity index (χ4n) is 4.45. The molecule has 2 aromatic heterocycles. The van der Waals surface area contributed by atoms with Gasteiger partial charge in [-0.25, -0.2) is 19.2 Å². The van der Waals surface area contributed by atoms with Crippen molar-refractivity contribution in [3.63, 3.8) is 0 Å². The second-order valence-electron chi connectivity index (χ2n) is 9.99. The lowest BCUT2D eigenvalue weighted by atomic mass is 9.91. The molecular weight excluding hydrogens is 471 g/mol. The van der Waals surface area contributed by atoms with E-state index in [2.05, 4.69) is 15.3 Å². The fourth-order valence-corrected chi connectivity index (χ4v) is 4.45. The number of aryl methyl sites for hydroxylation is 2. The average molecular weight is 502 g/mol. The van der Waals surface area contributed by atoms with E-state index in [1.54, 1.807) is 36.1 Å². The zero-order valence-corrected chi connectivity index (χ0v) is 21.3. The Bertz CT molecular complexity index is 1530. The van der Waals surface area contributed by atoms with Gasteiger partial charge in [-0.15, -0.1) is 0 Å². The van der Waals surface area contributed by atoms with Gasteiger partial charge in [0.15, 0.2) is 0 Å². The summed E-state index contributed by atoms with van der Waals surface area (Å²) in [7, 11) is 1.70. The highest BCUT2D eigenvalue weighted by molar-refractivity contribution is 5.99. The Balaban J connectivity index is 1.85. The minimum atomic E-state index is -3.80. The summed E-state index contributed by atoms with van der Waals surface area (Å²) in [5.41, 5.74) is -1.48. The highest BCUT2D eigenvalue weighted by Gasteiger charge is 2.49. The third-order valence-corrected chi connectivity index (χ3v) is 6.49. The van der Waals surface area contributed by atoms with Gasteiger partial charge in [0.25, 0.3) is 0 Å². The number of hydrogen-bond donors (Lipinski definition) is 2. The number of hydrogen-bond acceptors (Lipinski definition) is 5. The van der Waals surface area contributed by atoms with Crippen LogP contribution in [-0.2, 0) is 13.0 Å². The first-order valence-electron chi connectivity index (χ1n) is 11.7. The maximum Gasteiger partial charge on any atom is 0.329 e. The van der Waals surface area contributed by atoms with Crippen LogP contribution >= 0.6 is 0 Å². The number of aliphatic hydroxyl groups is 1. The van der Waals surface area contributed by atoms with Crippen molar-refractivity contribution in [3.8, 4) is 0 Å². The smallest absolute Gasteiger partial charge is 0.329 e. The van der Waals surface area contributed by atoms with Crippen LogP contribution in [0.5, 0.6) is 0 Å². The topological polar surface area (TPSA) is 85.0 Å². The zero-order chi connectivity index (χ0) is 26.7. The standard InChI is InChI=1S/C26H30F3N5O2/c1-13(2)34-21-11-17-19(12-20(21)33(7)24(34)35)31-15(4)32-23(17)30-14(3)16-9-8-10-18(22(16)27)26(28,29)25(5,6)36/h8-14,36H,1-7H3,(H,30,31,32). The molecule has 2 aromatic carbocycles. The number of aromatic nitrogens is 4. The van der Waals surface area contributed by atoms with Crippen LogP contribution in [0.3, 0.4) is 0 Å². The van der Waals surface area contributed by atoms with E-state index in [0.717, 1.165) is 19.9 Å². The summed E-state index contributed by atoms with van der Waals surface area (Å²) in [5.74, 6) is -4.06. The lowest BCUT2D eigenvalue weighted by molar-refractivity contribution is -0.170. The zero-order valence-electron chi connectivity index (χ0n) is 21.3. The summed E-state index contributed by atoms with van der Waals surface area (Å²) in [6.45, 7) is 9.06. The number of nitrogens with one attached hydrogen (secondary N) is 1. The monoisotopic (exact) mass is 501 g/mol. The Morgan fingerprint density at radius 2 is 1.75 bits per heavy atom. The number of alkyl halides is 2. The molecule has 0 aliphatic rings. The van der Waals surface area contributed by atoms with Crippen LogP contribution in [0.15, 0.2) is 35.1 Å². The van der Waals surface area contributed by atoms with Crippen molar-refractivity contribution in [1.29, 1.82) is 0 Å². The molecule has 1 unspecified atom stereocenters. The Morgan fingerprint density at radius 3 is 2.36 bits per heavy atom. The summed E-state index contributed by atoms with van der Waals surface area (Å²) >= 11 is 0. The summed E-state index contributed by atoms with van der Waals surface area (Å²) in [6, 6.07) is 6.51. The Kier molecular flexibility index (Phi) is 6.15. The lowest BCUT2D eigenvalue weighted by Crippen LogP contribution is -2.41. The number of rotatable bonds is 6. The van der Waals surface area contributed by atoms with E-state index >= 15 is 4.39 Å². The predicted molar refractivity (Wildman–Crippen MR) is 134 cm³/mol. The molecular formula is C26H30F3N5O2. The molecule has 36 heavy (non-hydrogen) atoms. The molecule has 192 valence electrons. The van der Waals surface area contributed by atoms with Crippen LogP contribution in [0.2, 0.25) is 0 Å². The highest BCUT2D eigenvalue weighted by atomic mass is 19.3. The molecule has 0 aliphatic carbocycles. The Labute approximate surface area is 206 Å². The summed E-state index contributed by atoms with van der Waals surface area (Å²) < 4.78 is 48.1. The van der Waals surface area contributed by atoms with Gasteiger partial charge in [0.05, 0.1) is 28.2 Å². The van der Waals surface area contributed by atoms with Crippen LogP contribution in [0, 0.1) is 12.7 Å². The van der Waals surface area contributed by atoms with Crippen molar-refractivity contribution in [3.05, 3.63) is 63.6 Å². The number of benzene rings is 2. The van der Waals surface area contributed by atoms with Crippen LogP contribution < -0.4 is 11.0 Å². The number of halogens is 3. The Hall–Kier alpha value is -3.40. The van der Waals surface area contributed by atoms with Gasteiger partial charge in [-0.05, 0) is 59.7 Å². The van der Waals surface area contributed by atoms with Crippen molar-refractivity contribution >= 4 is 27.8 Å². The maximum atomic E-state index is 15.3. The molecule has 0 saturated carbocycles. The predicted octanol–water partition coefficient (Wildman–Crippen LogP) is 5.35. The van der Waals surface area contributed by atoms with Crippen LogP contribution in [0.25, 0.3) is 21.9 Å². The molecule has 0 bridgehead atoms. The molecule has 0 spiro atoms. The maximum absolute atomic E-state index is 15.3.